The third-order valence-electron chi connectivity index (χ3n) is 5.34. The van der Waals surface area contributed by atoms with Crippen molar-refractivity contribution in [3.05, 3.63) is 29.3 Å². The molecule has 1 aromatic rings. The van der Waals surface area contributed by atoms with Gasteiger partial charge in [0.1, 0.15) is 5.75 Å². The van der Waals surface area contributed by atoms with Crippen LogP contribution in [-0.2, 0) is 0 Å². The minimum absolute atomic E-state index is 0.525. The van der Waals surface area contributed by atoms with Gasteiger partial charge in [0.15, 0.2) is 0 Å². The lowest BCUT2D eigenvalue weighted by Gasteiger charge is -2.31. The Morgan fingerprint density at radius 2 is 1.41 bits per heavy atom. The maximum Gasteiger partial charge on any atom is 0.391 e. The van der Waals surface area contributed by atoms with E-state index in [1.165, 1.54) is 75.3 Å². The Hall–Kier alpha value is -0.630. The highest BCUT2D eigenvalue weighted by Crippen LogP contribution is 2.46. The molecule has 0 unspecified atom stereocenters. The van der Waals surface area contributed by atoms with Gasteiger partial charge in [-0.25, -0.2) is 0 Å². The van der Waals surface area contributed by atoms with Gasteiger partial charge in [-0.15, -0.1) is 0 Å². The van der Waals surface area contributed by atoms with E-state index in [9.17, 15) is 9.79 Å². The summed E-state index contributed by atoms with van der Waals surface area (Å²) in [6.07, 6.45) is 12.8. The van der Waals surface area contributed by atoms with Crippen LogP contribution in [0.25, 0.3) is 0 Å². The van der Waals surface area contributed by atoms with Gasteiger partial charge in [0, 0.05) is 5.56 Å². The third-order valence-corrected chi connectivity index (χ3v) is 5.70. The van der Waals surface area contributed by atoms with Crippen molar-refractivity contribution in [3.63, 3.8) is 0 Å². The highest BCUT2D eigenvalue weighted by molar-refractivity contribution is 7.39. The average molecular weight is 322 g/mol. The fourth-order valence-electron chi connectivity index (χ4n) is 4.33. The summed E-state index contributed by atoms with van der Waals surface area (Å²) in [4.78, 5) is 18.7. The molecule has 0 amide bonds. The first kappa shape index (κ1) is 16.2. The molecule has 4 heteroatoms. The van der Waals surface area contributed by atoms with Crippen LogP contribution in [0.4, 0.5) is 0 Å². The second-order valence-corrected chi connectivity index (χ2v) is 7.46. The molecule has 0 aliphatic heterocycles. The van der Waals surface area contributed by atoms with Gasteiger partial charge in [-0.3, -0.25) is 0 Å². The topological polar surface area (TPSA) is 49.7 Å². The first-order valence-electron chi connectivity index (χ1n) is 8.74. The van der Waals surface area contributed by atoms with Crippen molar-refractivity contribution in [1.82, 2.24) is 0 Å². The normalized spacial score (nSPS) is 21.2. The van der Waals surface area contributed by atoms with Crippen LogP contribution < -0.4 is 4.52 Å². The Morgan fingerprint density at radius 3 is 2.00 bits per heavy atom. The van der Waals surface area contributed by atoms with Crippen LogP contribution in [0.1, 0.15) is 87.2 Å². The lowest BCUT2D eigenvalue weighted by molar-refractivity contribution is 0.364. The Bertz CT molecular complexity index is 477. The largest absolute Gasteiger partial charge is 0.427 e. The third kappa shape index (κ3) is 3.82. The van der Waals surface area contributed by atoms with Crippen molar-refractivity contribution in [3.8, 4) is 5.75 Å². The van der Waals surface area contributed by atoms with Gasteiger partial charge in [-0.2, -0.15) is 0 Å². The van der Waals surface area contributed by atoms with Crippen LogP contribution in [0.3, 0.4) is 0 Å². The molecule has 3 nitrogen and oxygen atoms in total. The van der Waals surface area contributed by atoms with Gasteiger partial charge in [-0.1, -0.05) is 50.7 Å². The van der Waals surface area contributed by atoms with Crippen molar-refractivity contribution in [2.24, 2.45) is 0 Å². The van der Waals surface area contributed by atoms with E-state index in [2.05, 4.69) is 6.07 Å². The van der Waals surface area contributed by atoms with Gasteiger partial charge in [-0.05, 0) is 49.1 Å². The zero-order valence-corrected chi connectivity index (χ0v) is 14.1. The molecule has 2 aliphatic carbocycles. The predicted octanol–water partition coefficient (Wildman–Crippen LogP) is 5.37. The van der Waals surface area contributed by atoms with Crippen molar-refractivity contribution in [2.75, 3.05) is 0 Å². The Balaban J connectivity index is 1.95. The second-order valence-electron chi connectivity index (χ2n) is 6.77. The minimum Gasteiger partial charge on any atom is -0.427 e. The van der Waals surface area contributed by atoms with Crippen molar-refractivity contribution >= 4 is 8.60 Å². The molecule has 2 aliphatic rings. The van der Waals surface area contributed by atoms with Gasteiger partial charge >= 0.3 is 8.60 Å². The molecule has 3 rings (SSSR count). The van der Waals surface area contributed by atoms with E-state index in [-0.39, 0.29) is 0 Å². The van der Waals surface area contributed by atoms with E-state index in [1.807, 2.05) is 12.1 Å². The van der Waals surface area contributed by atoms with Crippen LogP contribution in [0.15, 0.2) is 18.2 Å². The molecule has 2 saturated carbocycles. The zero-order chi connectivity index (χ0) is 15.4. The molecule has 0 radical (unpaired) electrons. The molecule has 0 aromatic heterocycles. The van der Waals surface area contributed by atoms with E-state index >= 15 is 0 Å². The smallest absolute Gasteiger partial charge is 0.391 e. The van der Waals surface area contributed by atoms with Gasteiger partial charge < -0.3 is 14.3 Å². The molecule has 2 fully saturated rings. The van der Waals surface area contributed by atoms with Crippen LogP contribution in [0, 0.1) is 0 Å². The summed E-state index contributed by atoms with van der Waals surface area (Å²) < 4.78 is 5.41. The first-order valence-corrected chi connectivity index (χ1v) is 9.91. The Labute approximate surface area is 134 Å². The maximum atomic E-state index is 9.33. The lowest BCUT2D eigenvalue weighted by Crippen LogP contribution is -2.13. The van der Waals surface area contributed by atoms with Gasteiger partial charge in [0.25, 0.3) is 0 Å². The fourth-order valence-corrected chi connectivity index (χ4v) is 4.66. The molecular weight excluding hydrogens is 295 g/mol. The molecule has 2 N–H and O–H groups in total. The van der Waals surface area contributed by atoms with Gasteiger partial charge in [0.05, 0.1) is 0 Å². The second kappa shape index (κ2) is 7.77. The summed E-state index contributed by atoms with van der Waals surface area (Å²) in [5.74, 6) is 1.86. The van der Waals surface area contributed by atoms with Gasteiger partial charge in [0.2, 0.25) is 0 Å². The van der Waals surface area contributed by atoms with E-state index in [4.69, 9.17) is 4.52 Å². The average Bonchev–Trinajstić information content (AvgIpc) is 2.56. The Morgan fingerprint density at radius 1 is 0.818 bits per heavy atom. The number of hydrogen-bond acceptors (Lipinski definition) is 3. The highest BCUT2D eigenvalue weighted by atomic mass is 31.2. The summed E-state index contributed by atoms with van der Waals surface area (Å²) >= 11 is 0. The summed E-state index contributed by atoms with van der Waals surface area (Å²) in [5, 5.41) is 0. The molecular formula is C18H27O3P. The van der Waals surface area contributed by atoms with Crippen LogP contribution >= 0.6 is 8.60 Å². The van der Waals surface area contributed by atoms with Crippen LogP contribution in [-0.4, -0.2) is 9.79 Å². The highest BCUT2D eigenvalue weighted by Gasteiger charge is 2.27. The molecule has 0 saturated heterocycles. The molecule has 0 spiro atoms. The van der Waals surface area contributed by atoms with Crippen molar-refractivity contribution in [2.45, 2.75) is 76.0 Å². The number of benzene rings is 1. The Kier molecular flexibility index (Phi) is 5.73. The minimum atomic E-state index is -2.34. The zero-order valence-electron chi connectivity index (χ0n) is 13.2. The first-order chi connectivity index (χ1) is 10.8. The molecule has 0 bridgehead atoms. The lowest BCUT2D eigenvalue weighted by atomic mass is 9.75. The molecule has 22 heavy (non-hydrogen) atoms. The monoisotopic (exact) mass is 322 g/mol. The molecule has 1 aromatic carbocycles. The fraction of sp³-hybridized carbons (Fsp3) is 0.667. The summed E-state index contributed by atoms with van der Waals surface area (Å²) in [6, 6.07) is 6.19. The van der Waals surface area contributed by atoms with E-state index in [0.29, 0.717) is 17.6 Å². The quantitative estimate of drug-likeness (QED) is 0.732. The SMILES string of the molecule is OP(O)Oc1cccc(C2CCCCC2)c1C1CCCCC1. The summed E-state index contributed by atoms with van der Waals surface area (Å²) in [5.41, 5.74) is 2.70. The van der Waals surface area contributed by atoms with E-state index < -0.39 is 8.60 Å². The predicted molar refractivity (Wildman–Crippen MR) is 90.1 cm³/mol. The standard InChI is InChI=1S/C18H27O3P/c19-22(20)21-17-13-7-12-16(14-8-3-1-4-9-14)18(17)15-10-5-2-6-11-15/h7,12-15,19-20H,1-6,8-11H2. The summed E-state index contributed by atoms with van der Waals surface area (Å²) in [6.45, 7) is 0. The van der Waals surface area contributed by atoms with E-state index in [1.54, 1.807) is 0 Å². The summed E-state index contributed by atoms with van der Waals surface area (Å²) in [7, 11) is -2.34. The van der Waals surface area contributed by atoms with Crippen LogP contribution in [0.2, 0.25) is 0 Å². The molecule has 0 atom stereocenters. The maximum absolute atomic E-state index is 9.33. The van der Waals surface area contributed by atoms with Crippen molar-refractivity contribution < 1.29 is 14.3 Å². The van der Waals surface area contributed by atoms with Crippen LogP contribution in [0.5, 0.6) is 5.75 Å². The number of rotatable bonds is 4. The van der Waals surface area contributed by atoms with E-state index in [0.717, 1.165) is 0 Å². The molecule has 122 valence electrons. The molecule has 0 heterocycles. The van der Waals surface area contributed by atoms with Crippen molar-refractivity contribution in [1.29, 1.82) is 0 Å². The number of hydrogen-bond donors (Lipinski definition) is 2.